The molecule has 0 saturated carbocycles. The largest absolute Gasteiger partial charge is 0.327 e. The molecule has 0 fully saturated rings. The van der Waals surface area contributed by atoms with Crippen molar-refractivity contribution in [1.29, 1.82) is 0 Å². The molecule has 112 valence electrons. The molecule has 2 aromatic rings. The molecule has 21 heavy (non-hydrogen) atoms. The molecule has 0 atom stereocenters. The highest BCUT2D eigenvalue weighted by atomic mass is 32.2. The number of nitrogens with zero attached hydrogens (tertiary/aromatic N) is 2. The molecule has 2 rings (SSSR count). The molecule has 1 heterocycles. The molecule has 0 bridgehead atoms. The fourth-order valence-corrected chi connectivity index (χ4v) is 3.26. The third-order valence-electron chi connectivity index (χ3n) is 2.96. The quantitative estimate of drug-likeness (QED) is 0.913. The van der Waals surface area contributed by atoms with Gasteiger partial charge < -0.3 is 5.73 Å². The van der Waals surface area contributed by atoms with Gasteiger partial charge in [0.25, 0.3) is 0 Å². The zero-order chi connectivity index (χ0) is 15.5. The van der Waals surface area contributed by atoms with Crippen molar-refractivity contribution in [3.63, 3.8) is 0 Å². The van der Waals surface area contributed by atoms with E-state index in [1.165, 1.54) is 12.1 Å². The fourth-order valence-electron chi connectivity index (χ4n) is 1.84. The maximum absolute atomic E-state index is 12.5. The maximum atomic E-state index is 12.5. The Hall–Kier alpha value is -1.99. The Morgan fingerprint density at radius 2 is 2.19 bits per heavy atom. The summed E-state index contributed by atoms with van der Waals surface area (Å²) in [7, 11) is -3.64. The van der Waals surface area contributed by atoms with Crippen LogP contribution in [-0.4, -0.2) is 30.5 Å². The Balaban J connectivity index is 2.37. The van der Waals surface area contributed by atoms with Crippen molar-refractivity contribution in [3.05, 3.63) is 54.1 Å². The lowest BCUT2D eigenvalue weighted by Gasteiger charge is -2.08. The zero-order valence-electron chi connectivity index (χ0n) is 11.5. The summed E-state index contributed by atoms with van der Waals surface area (Å²) >= 11 is 0. The monoisotopic (exact) mass is 309 g/mol. The van der Waals surface area contributed by atoms with Crippen LogP contribution in [0.2, 0.25) is 0 Å². The van der Waals surface area contributed by atoms with Gasteiger partial charge in [-0.1, -0.05) is 6.07 Å². The van der Waals surface area contributed by atoms with E-state index in [1.807, 2.05) is 13.0 Å². The molecule has 2 N–H and O–H groups in total. The lowest BCUT2D eigenvalue weighted by molar-refractivity contribution is 0.596. The summed E-state index contributed by atoms with van der Waals surface area (Å²) in [6, 6.07) is 8.18. The van der Waals surface area contributed by atoms with E-state index in [0.29, 0.717) is 5.69 Å². The average Bonchev–Trinajstić information content (AvgIpc) is 2.91. The van der Waals surface area contributed by atoms with Crippen molar-refractivity contribution in [1.82, 2.24) is 9.78 Å². The Kier molecular flexibility index (Phi) is 4.54. The normalized spacial score (nSPS) is 12.6. The summed E-state index contributed by atoms with van der Waals surface area (Å²) < 4.78 is 38.6. The van der Waals surface area contributed by atoms with Crippen molar-refractivity contribution in [3.8, 4) is 5.69 Å². The highest BCUT2D eigenvalue weighted by molar-refractivity contribution is 7.91. The SMILES string of the molecule is Cc1ccn(-c2cccc(S(=O)(=O)C/C(=C/F)CN)c2)n1. The van der Waals surface area contributed by atoms with Crippen LogP contribution in [0.1, 0.15) is 5.69 Å². The van der Waals surface area contributed by atoms with Crippen molar-refractivity contribution in [2.24, 2.45) is 5.73 Å². The van der Waals surface area contributed by atoms with Gasteiger partial charge in [-0.25, -0.2) is 17.5 Å². The van der Waals surface area contributed by atoms with Gasteiger partial charge in [-0.15, -0.1) is 0 Å². The zero-order valence-corrected chi connectivity index (χ0v) is 12.3. The first-order valence-electron chi connectivity index (χ1n) is 6.30. The van der Waals surface area contributed by atoms with Gasteiger partial charge in [0.05, 0.1) is 28.4 Å². The molecule has 0 spiro atoms. The van der Waals surface area contributed by atoms with Gasteiger partial charge in [0.15, 0.2) is 9.84 Å². The third kappa shape index (κ3) is 3.56. The van der Waals surface area contributed by atoms with Gasteiger partial charge in [-0.2, -0.15) is 5.10 Å². The van der Waals surface area contributed by atoms with E-state index in [9.17, 15) is 12.8 Å². The standard InChI is InChI=1S/C14H16FN3O2S/c1-11-5-6-18(17-11)13-3-2-4-14(7-13)21(19,20)10-12(8-15)9-16/h2-8H,9-10,16H2,1H3/b12-8+. The Morgan fingerprint density at radius 3 is 2.76 bits per heavy atom. The van der Waals surface area contributed by atoms with Gasteiger partial charge >= 0.3 is 0 Å². The van der Waals surface area contributed by atoms with Gasteiger partial charge in [0.2, 0.25) is 0 Å². The highest BCUT2D eigenvalue weighted by Gasteiger charge is 2.17. The number of nitrogens with two attached hydrogens (primary N) is 1. The van der Waals surface area contributed by atoms with Crippen LogP contribution in [0.25, 0.3) is 5.69 Å². The van der Waals surface area contributed by atoms with Crippen molar-refractivity contribution in [2.75, 3.05) is 12.3 Å². The first kappa shape index (κ1) is 15.4. The second-order valence-electron chi connectivity index (χ2n) is 4.63. The predicted octanol–water partition coefficient (Wildman–Crippen LogP) is 1.77. The minimum atomic E-state index is -3.64. The van der Waals surface area contributed by atoms with Crippen LogP contribution in [0.4, 0.5) is 4.39 Å². The molecule has 0 radical (unpaired) electrons. The molecule has 0 unspecified atom stereocenters. The Labute approximate surface area is 122 Å². The van der Waals surface area contributed by atoms with Crippen molar-refractivity contribution < 1.29 is 12.8 Å². The number of hydrogen-bond acceptors (Lipinski definition) is 4. The minimum absolute atomic E-state index is 0.0373. The summed E-state index contributed by atoms with van der Waals surface area (Å²) in [5.41, 5.74) is 6.80. The molecule has 0 aliphatic carbocycles. The number of benzene rings is 1. The summed E-state index contributed by atoms with van der Waals surface area (Å²) in [4.78, 5) is 0.112. The van der Waals surface area contributed by atoms with E-state index >= 15 is 0 Å². The number of rotatable bonds is 5. The number of sulfone groups is 1. The molecule has 0 saturated heterocycles. The Morgan fingerprint density at radius 1 is 1.43 bits per heavy atom. The molecule has 0 amide bonds. The number of hydrogen-bond donors (Lipinski definition) is 1. The van der Waals surface area contributed by atoms with Crippen molar-refractivity contribution >= 4 is 9.84 Å². The first-order chi connectivity index (χ1) is 9.96. The average molecular weight is 309 g/mol. The van der Waals surface area contributed by atoms with Crippen molar-refractivity contribution in [2.45, 2.75) is 11.8 Å². The summed E-state index contributed by atoms with van der Waals surface area (Å²) in [6.45, 7) is 1.71. The van der Waals surface area contributed by atoms with Crippen LogP contribution in [0.3, 0.4) is 0 Å². The van der Waals surface area contributed by atoms with Crippen LogP contribution in [0, 0.1) is 6.92 Å². The summed E-state index contributed by atoms with van der Waals surface area (Å²) in [6.07, 6.45) is 1.99. The number of aryl methyl sites for hydroxylation is 1. The third-order valence-corrected chi connectivity index (χ3v) is 4.68. The predicted molar refractivity (Wildman–Crippen MR) is 78.6 cm³/mol. The lowest BCUT2D eigenvalue weighted by Crippen LogP contribution is -2.15. The van der Waals surface area contributed by atoms with E-state index in [1.54, 1.807) is 23.0 Å². The number of aromatic nitrogens is 2. The highest BCUT2D eigenvalue weighted by Crippen LogP contribution is 2.18. The topological polar surface area (TPSA) is 78.0 Å². The molecule has 1 aromatic carbocycles. The molecular weight excluding hydrogens is 293 g/mol. The van der Waals surface area contributed by atoms with E-state index in [0.717, 1.165) is 5.69 Å². The van der Waals surface area contributed by atoms with Gasteiger partial charge in [-0.3, -0.25) is 0 Å². The molecule has 7 heteroatoms. The van der Waals surface area contributed by atoms with E-state index < -0.39 is 15.6 Å². The maximum Gasteiger partial charge on any atom is 0.182 e. The first-order valence-corrected chi connectivity index (χ1v) is 7.95. The molecule has 5 nitrogen and oxygen atoms in total. The van der Waals surface area contributed by atoms with Crippen LogP contribution in [-0.2, 0) is 9.84 Å². The molecule has 1 aromatic heterocycles. The van der Waals surface area contributed by atoms with Crippen LogP contribution < -0.4 is 5.73 Å². The second-order valence-corrected chi connectivity index (χ2v) is 6.62. The fraction of sp³-hybridized carbons (Fsp3) is 0.214. The van der Waals surface area contributed by atoms with Crippen LogP contribution in [0.5, 0.6) is 0 Å². The number of halogens is 1. The molecular formula is C14H16FN3O2S. The van der Waals surface area contributed by atoms with E-state index in [2.05, 4.69) is 5.10 Å². The lowest BCUT2D eigenvalue weighted by atomic mass is 10.3. The Bertz CT molecular complexity index is 766. The van der Waals surface area contributed by atoms with Crippen LogP contribution in [0.15, 0.2) is 53.3 Å². The second kappa shape index (κ2) is 6.19. The van der Waals surface area contributed by atoms with E-state index in [-0.39, 0.29) is 23.3 Å². The molecule has 0 aliphatic rings. The summed E-state index contributed by atoms with van der Waals surface area (Å²) in [5, 5.41) is 4.23. The van der Waals surface area contributed by atoms with Gasteiger partial charge in [0.1, 0.15) is 0 Å². The van der Waals surface area contributed by atoms with Gasteiger partial charge in [-0.05, 0) is 36.8 Å². The van der Waals surface area contributed by atoms with Gasteiger partial charge in [0, 0.05) is 12.7 Å². The van der Waals surface area contributed by atoms with Crippen LogP contribution >= 0.6 is 0 Å². The smallest absolute Gasteiger partial charge is 0.182 e. The molecule has 0 aliphatic heterocycles. The minimum Gasteiger partial charge on any atom is -0.327 e. The summed E-state index contributed by atoms with van der Waals surface area (Å²) in [5.74, 6) is -0.429. The van der Waals surface area contributed by atoms with E-state index in [4.69, 9.17) is 5.73 Å².